The van der Waals surface area contributed by atoms with E-state index >= 15 is 0 Å². The quantitative estimate of drug-likeness (QED) is 0.408. The Morgan fingerprint density at radius 2 is 1.62 bits per heavy atom. The van der Waals surface area contributed by atoms with Gasteiger partial charge in [0, 0.05) is 24.2 Å². The minimum Gasteiger partial charge on any atom is -0.493 e. The number of aromatic nitrogens is 2. The first-order chi connectivity index (χ1) is 17.7. The second-order valence-corrected chi connectivity index (χ2v) is 8.81. The molecule has 37 heavy (non-hydrogen) atoms. The molecule has 0 aliphatic rings. The molecule has 10 heteroatoms. The Kier molecular flexibility index (Phi) is 9.10. The lowest BCUT2D eigenvalue weighted by Gasteiger charge is -2.17. The van der Waals surface area contributed by atoms with E-state index in [1.807, 2.05) is 20.8 Å². The van der Waals surface area contributed by atoms with Gasteiger partial charge in [0.25, 0.3) is 11.5 Å². The maximum atomic E-state index is 13.6. The van der Waals surface area contributed by atoms with Crippen LogP contribution in [0.2, 0.25) is 0 Å². The molecule has 1 heterocycles. The highest BCUT2D eigenvalue weighted by molar-refractivity contribution is 5.94. The van der Waals surface area contributed by atoms with Crippen molar-refractivity contribution in [2.45, 2.75) is 52.7 Å². The summed E-state index contributed by atoms with van der Waals surface area (Å²) in [6.07, 6.45) is 1.56. The zero-order valence-corrected chi connectivity index (χ0v) is 21.9. The molecule has 0 bridgehead atoms. The van der Waals surface area contributed by atoms with E-state index in [4.69, 9.17) is 9.47 Å². The predicted molar refractivity (Wildman–Crippen MR) is 142 cm³/mol. The third kappa shape index (κ3) is 6.19. The molecule has 0 aliphatic heterocycles. The van der Waals surface area contributed by atoms with E-state index in [2.05, 4.69) is 10.6 Å². The lowest BCUT2D eigenvalue weighted by Crippen LogP contribution is -2.44. The Labute approximate surface area is 215 Å². The Morgan fingerprint density at radius 3 is 2.22 bits per heavy atom. The van der Waals surface area contributed by atoms with Gasteiger partial charge in [0.05, 0.1) is 31.7 Å². The Bertz CT molecular complexity index is 1390. The number of nitrogens with one attached hydrogen (secondary N) is 2. The van der Waals surface area contributed by atoms with Crippen LogP contribution < -0.4 is 31.4 Å². The molecule has 0 radical (unpaired) electrons. The summed E-state index contributed by atoms with van der Waals surface area (Å²) in [5.41, 5.74) is 0.255. The SMILES string of the molecule is CCCNC(=O)c1ccc(Cn2c(=O)c3cc(OC)c(OC)cc3n(CC(=O)N[C@H](C)CC)c2=O)cc1. The normalized spacial score (nSPS) is 11.7. The number of benzene rings is 2. The van der Waals surface area contributed by atoms with Gasteiger partial charge in [0.15, 0.2) is 11.5 Å². The van der Waals surface area contributed by atoms with E-state index in [0.29, 0.717) is 29.2 Å². The van der Waals surface area contributed by atoms with Crippen LogP contribution in [0.25, 0.3) is 10.9 Å². The van der Waals surface area contributed by atoms with Gasteiger partial charge in [-0.05, 0) is 43.5 Å². The van der Waals surface area contributed by atoms with Gasteiger partial charge in [-0.3, -0.25) is 23.5 Å². The number of hydrogen-bond donors (Lipinski definition) is 2. The van der Waals surface area contributed by atoms with Gasteiger partial charge in [-0.15, -0.1) is 0 Å². The van der Waals surface area contributed by atoms with Gasteiger partial charge in [-0.2, -0.15) is 0 Å². The van der Waals surface area contributed by atoms with Crippen molar-refractivity contribution in [2.75, 3.05) is 20.8 Å². The predicted octanol–water partition coefficient (Wildman–Crippen LogP) is 2.28. The minimum absolute atomic E-state index is 0.0359. The van der Waals surface area contributed by atoms with Crippen LogP contribution in [0.4, 0.5) is 0 Å². The van der Waals surface area contributed by atoms with Crippen LogP contribution in [-0.2, 0) is 17.9 Å². The topological polar surface area (TPSA) is 121 Å². The summed E-state index contributed by atoms with van der Waals surface area (Å²) in [6.45, 7) is 6.06. The number of ether oxygens (including phenoxy) is 2. The summed E-state index contributed by atoms with van der Waals surface area (Å²) in [4.78, 5) is 52.0. The summed E-state index contributed by atoms with van der Waals surface area (Å²) in [6, 6.07) is 9.68. The monoisotopic (exact) mass is 510 g/mol. The summed E-state index contributed by atoms with van der Waals surface area (Å²) in [5.74, 6) is 0.127. The fourth-order valence-electron chi connectivity index (χ4n) is 3.89. The second-order valence-electron chi connectivity index (χ2n) is 8.81. The number of carbonyl (C=O) groups excluding carboxylic acids is 2. The third-order valence-electron chi connectivity index (χ3n) is 6.14. The average Bonchev–Trinajstić information content (AvgIpc) is 2.91. The fraction of sp³-hybridized carbons (Fsp3) is 0.407. The molecule has 3 rings (SSSR count). The second kappa shape index (κ2) is 12.2. The van der Waals surface area contributed by atoms with Crippen LogP contribution >= 0.6 is 0 Å². The Hall–Kier alpha value is -4.08. The summed E-state index contributed by atoms with van der Waals surface area (Å²) in [7, 11) is 2.91. The summed E-state index contributed by atoms with van der Waals surface area (Å²) in [5, 5.41) is 5.88. The molecule has 0 spiro atoms. The van der Waals surface area contributed by atoms with E-state index in [9.17, 15) is 19.2 Å². The van der Waals surface area contributed by atoms with Gasteiger partial charge in [-0.25, -0.2) is 4.79 Å². The molecule has 2 amide bonds. The van der Waals surface area contributed by atoms with Gasteiger partial charge in [-0.1, -0.05) is 26.0 Å². The lowest BCUT2D eigenvalue weighted by molar-refractivity contribution is -0.122. The zero-order valence-electron chi connectivity index (χ0n) is 21.9. The first-order valence-electron chi connectivity index (χ1n) is 12.3. The maximum absolute atomic E-state index is 13.6. The van der Waals surface area contributed by atoms with E-state index < -0.39 is 11.2 Å². The maximum Gasteiger partial charge on any atom is 0.332 e. The van der Waals surface area contributed by atoms with Crippen LogP contribution in [-0.4, -0.2) is 47.8 Å². The van der Waals surface area contributed by atoms with Gasteiger partial charge < -0.3 is 20.1 Å². The number of nitrogens with zero attached hydrogens (tertiary/aromatic N) is 2. The van der Waals surface area contributed by atoms with Crippen molar-refractivity contribution >= 4 is 22.7 Å². The molecule has 0 saturated carbocycles. The third-order valence-corrected chi connectivity index (χ3v) is 6.14. The molecule has 198 valence electrons. The highest BCUT2D eigenvalue weighted by atomic mass is 16.5. The van der Waals surface area contributed by atoms with Crippen LogP contribution in [0.15, 0.2) is 46.0 Å². The molecule has 2 aromatic carbocycles. The van der Waals surface area contributed by atoms with E-state index in [1.54, 1.807) is 24.3 Å². The molecule has 1 aromatic heterocycles. The number of amides is 2. The van der Waals surface area contributed by atoms with Crippen molar-refractivity contribution in [3.05, 3.63) is 68.4 Å². The lowest BCUT2D eigenvalue weighted by atomic mass is 10.1. The molecule has 1 atom stereocenters. The van der Waals surface area contributed by atoms with Crippen molar-refractivity contribution in [3.63, 3.8) is 0 Å². The average molecular weight is 511 g/mol. The van der Waals surface area contributed by atoms with Crippen LogP contribution in [0, 0.1) is 0 Å². The standard InChI is InChI=1S/C27H34N4O6/c1-6-12-28-25(33)19-10-8-18(9-11-19)15-31-26(34)20-13-22(36-4)23(37-5)14-21(20)30(27(31)35)16-24(32)29-17(3)7-2/h8-11,13-14,17H,6-7,12,15-16H2,1-5H3,(H,28,33)(H,29,32)/t17-/m1/s1. The van der Waals surface area contributed by atoms with E-state index in [1.165, 1.54) is 30.9 Å². The van der Waals surface area contributed by atoms with Crippen molar-refractivity contribution in [2.24, 2.45) is 0 Å². The molecular weight excluding hydrogens is 476 g/mol. The summed E-state index contributed by atoms with van der Waals surface area (Å²) < 4.78 is 13.1. The Morgan fingerprint density at radius 1 is 0.973 bits per heavy atom. The van der Waals surface area contributed by atoms with Crippen molar-refractivity contribution in [1.29, 1.82) is 0 Å². The molecule has 0 saturated heterocycles. The van der Waals surface area contributed by atoms with Crippen LogP contribution in [0.1, 0.15) is 49.5 Å². The molecule has 3 aromatic rings. The molecule has 0 unspecified atom stereocenters. The number of rotatable bonds is 11. The summed E-state index contributed by atoms with van der Waals surface area (Å²) >= 11 is 0. The van der Waals surface area contributed by atoms with Crippen molar-refractivity contribution in [3.8, 4) is 11.5 Å². The minimum atomic E-state index is -0.631. The zero-order chi connectivity index (χ0) is 27.1. The highest BCUT2D eigenvalue weighted by Crippen LogP contribution is 2.30. The van der Waals surface area contributed by atoms with Crippen LogP contribution in [0.5, 0.6) is 11.5 Å². The molecular formula is C27H34N4O6. The molecule has 0 fully saturated rings. The number of carbonyl (C=O) groups is 2. The van der Waals surface area contributed by atoms with Gasteiger partial charge in [0.1, 0.15) is 6.54 Å². The van der Waals surface area contributed by atoms with E-state index in [-0.39, 0.29) is 41.8 Å². The van der Waals surface area contributed by atoms with E-state index in [0.717, 1.165) is 17.4 Å². The number of hydrogen-bond acceptors (Lipinski definition) is 6. The first kappa shape index (κ1) is 27.5. The Balaban J connectivity index is 2.10. The van der Waals surface area contributed by atoms with Gasteiger partial charge in [0.2, 0.25) is 5.91 Å². The smallest absolute Gasteiger partial charge is 0.332 e. The highest BCUT2D eigenvalue weighted by Gasteiger charge is 2.19. The van der Waals surface area contributed by atoms with Crippen molar-refractivity contribution in [1.82, 2.24) is 19.8 Å². The first-order valence-corrected chi connectivity index (χ1v) is 12.3. The van der Waals surface area contributed by atoms with Gasteiger partial charge >= 0.3 is 5.69 Å². The van der Waals surface area contributed by atoms with Crippen LogP contribution in [0.3, 0.4) is 0 Å². The fourth-order valence-corrected chi connectivity index (χ4v) is 3.89. The molecule has 0 aliphatic carbocycles. The number of fused-ring (bicyclic) bond motifs is 1. The van der Waals surface area contributed by atoms with Crippen molar-refractivity contribution < 1.29 is 19.1 Å². The largest absolute Gasteiger partial charge is 0.493 e. The molecule has 10 nitrogen and oxygen atoms in total. The molecule has 2 N–H and O–H groups in total. The number of methoxy groups -OCH3 is 2.